The molecule has 1 aromatic carbocycles. The van der Waals surface area contributed by atoms with Crippen LogP contribution < -0.4 is 10.6 Å². The van der Waals surface area contributed by atoms with Gasteiger partial charge in [0.1, 0.15) is 6.07 Å². The van der Waals surface area contributed by atoms with Crippen molar-refractivity contribution >= 4 is 11.7 Å². The molecule has 0 radical (unpaired) electrons. The Morgan fingerprint density at radius 3 is 2.79 bits per heavy atom. The molecule has 0 spiro atoms. The highest BCUT2D eigenvalue weighted by atomic mass is 16.3. The van der Waals surface area contributed by atoms with E-state index in [1.165, 1.54) is 0 Å². The van der Waals surface area contributed by atoms with Crippen molar-refractivity contribution < 1.29 is 9.90 Å². The van der Waals surface area contributed by atoms with E-state index in [-0.39, 0.29) is 12.1 Å². The van der Waals surface area contributed by atoms with Gasteiger partial charge in [0.25, 0.3) is 0 Å². The molecule has 0 aromatic heterocycles. The van der Waals surface area contributed by atoms with E-state index in [0.29, 0.717) is 11.3 Å². The second-order valence-electron chi connectivity index (χ2n) is 4.71. The summed E-state index contributed by atoms with van der Waals surface area (Å²) in [5.74, 6) is 0. The van der Waals surface area contributed by atoms with Crippen molar-refractivity contribution in [1.82, 2.24) is 5.32 Å². The maximum atomic E-state index is 11.9. The summed E-state index contributed by atoms with van der Waals surface area (Å²) >= 11 is 0. The number of aliphatic hydroxyl groups is 1. The number of urea groups is 1. The Balaban J connectivity index is 1.96. The first-order valence-electron chi connectivity index (χ1n) is 6.45. The molecule has 1 aliphatic rings. The van der Waals surface area contributed by atoms with E-state index in [2.05, 4.69) is 10.6 Å². The second kappa shape index (κ2) is 6.21. The fourth-order valence-corrected chi connectivity index (χ4v) is 2.30. The van der Waals surface area contributed by atoms with Crippen LogP contribution in [0.25, 0.3) is 0 Å². The van der Waals surface area contributed by atoms with Gasteiger partial charge < -0.3 is 15.7 Å². The third kappa shape index (κ3) is 3.46. The highest BCUT2D eigenvalue weighted by Gasteiger charge is 2.24. The Kier molecular flexibility index (Phi) is 4.37. The molecule has 1 aliphatic carbocycles. The van der Waals surface area contributed by atoms with Crippen molar-refractivity contribution in [3.63, 3.8) is 0 Å². The highest BCUT2D eigenvalue weighted by molar-refractivity contribution is 5.90. The van der Waals surface area contributed by atoms with Gasteiger partial charge in [-0.25, -0.2) is 4.79 Å². The van der Waals surface area contributed by atoms with Crippen LogP contribution in [-0.4, -0.2) is 23.3 Å². The van der Waals surface area contributed by atoms with Crippen molar-refractivity contribution in [2.24, 2.45) is 0 Å². The van der Waals surface area contributed by atoms with Crippen LogP contribution in [0, 0.1) is 11.3 Å². The number of nitrogens with zero attached hydrogens (tertiary/aromatic N) is 1. The lowest BCUT2D eigenvalue weighted by molar-refractivity contribution is 0.0955. The van der Waals surface area contributed by atoms with Crippen LogP contribution in [0.3, 0.4) is 0 Å². The molecule has 2 atom stereocenters. The van der Waals surface area contributed by atoms with Gasteiger partial charge in [0.15, 0.2) is 0 Å². The van der Waals surface area contributed by atoms with Crippen molar-refractivity contribution in [2.75, 3.05) is 5.32 Å². The SMILES string of the molecule is N#Cc1ccccc1NC(=O)NC1CCCCC1O. The normalized spacial score (nSPS) is 22.3. The van der Waals surface area contributed by atoms with E-state index in [9.17, 15) is 9.90 Å². The van der Waals surface area contributed by atoms with Crippen LogP contribution >= 0.6 is 0 Å². The average molecular weight is 259 g/mol. The number of nitrogens with one attached hydrogen (secondary N) is 2. The van der Waals surface area contributed by atoms with Crippen LogP contribution in [0.4, 0.5) is 10.5 Å². The molecule has 2 amide bonds. The van der Waals surface area contributed by atoms with Gasteiger partial charge in [-0.05, 0) is 25.0 Å². The lowest BCUT2D eigenvalue weighted by atomic mass is 9.93. The van der Waals surface area contributed by atoms with Crippen molar-refractivity contribution in [3.05, 3.63) is 29.8 Å². The lowest BCUT2D eigenvalue weighted by Gasteiger charge is -2.28. The monoisotopic (exact) mass is 259 g/mol. The van der Waals surface area contributed by atoms with Crippen LogP contribution in [0.15, 0.2) is 24.3 Å². The minimum atomic E-state index is -0.481. The summed E-state index contributed by atoms with van der Waals surface area (Å²) in [7, 11) is 0. The van der Waals surface area contributed by atoms with Crippen LogP contribution in [0.1, 0.15) is 31.2 Å². The molecule has 5 heteroatoms. The van der Waals surface area contributed by atoms with Crippen molar-refractivity contribution in [2.45, 2.75) is 37.8 Å². The number of aliphatic hydroxyl groups excluding tert-OH is 1. The van der Waals surface area contributed by atoms with E-state index in [1.54, 1.807) is 24.3 Å². The first-order valence-corrected chi connectivity index (χ1v) is 6.45. The molecular weight excluding hydrogens is 242 g/mol. The Morgan fingerprint density at radius 1 is 1.32 bits per heavy atom. The first-order chi connectivity index (χ1) is 9.20. The average Bonchev–Trinajstić information content (AvgIpc) is 2.42. The molecule has 0 saturated heterocycles. The fraction of sp³-hybridized carbons (Fsp3) is 0.429. The zero-order valence-corrected chi connectivity index (χ0v) is 10.6. The quantitative estimate of drug-likeness (QED) is 0.759. The summed E-state index contributed by atoms with van der Waals surface area (Å²) in [4.78, 5) is 11.9. The molecule has 0 bridgehead atoms. The maximum Gasteiger partial charge on any atom is 0.319 e. The summed E-state index contributed by atoms with van der Waals surface area (Å²) in [6.07, 6.45) is 3.04. The van der Waals surface area contributed by atoms with Gasteiger partial charge in [-0.15, -0.1) is 0 Å². The molecule has 0 aliphatic heterocycles. The lowest BCUT2D eigenvalue weighted by Crippen LogP contribution is -2.46. The number of anilines is 1. The zero-order chi connectivity index (χ0) is 13.7. The topological polar surface area (TPSA) is 85.2 Å². The van der Waals surface area contributed by atoms with Gasteiger partial charge in [-0.2, -0.15) is 5.26 Å². The molecule has 2 unspecified atom stereocenters. The molecular formula is C14H17N3O2. The Bertz CT molecular complexity index is 496. The highest BCUT2D eigenvalue weighted by Crippen LogP contribution is 2.19. The largest absolute Gasteiger partial charge is 0.391 e. The van der Waals surface area contributed by atoms with Crippen LogP contribution in [-0.2, 0) is 0 Å². The van der Waals surface area contributed by atoms with Gasteiger partial charge in [-0.1, -0.05) is 25.0 Å². The number of carbonyl (C=O) groups is 1. The molecule has 0 heterocycles. The molecule has 1 saturated carbocycles. The van der Waals surface area contributed by atoms with Gasteiger partial charge in [0.2, 0.25) is 0 Å². The second-order valence-corrected chi connectivity index (χ2v) is 4.71. The van der Waals surface area contributed by atoms with Gasteiger partial charge in [-0.3, -0.25) is 0 Å². The number of benzene rings is 1. The number of amides is 2. The van der Waals surface area contributed by atoms with Crippen LogP contribution in [0.2, 0.25) is 0 Å². The third-order valence-corrected chi connectivity index (χ3v) is 3.34. The smallest absolute Gasteiger partial charge is 0.319 e. The van der Waals surface area contributed by atoms with Crippen LogP contribution in [0.5, 0.6) is 0 Å². The number of hydrogen-bond acceptors (Lipinski definition) is 3. The van der Waals surface area contributed by atoms with E-state index in [4.69, 9.17) is 5.26 Å². The van der Waals surface area contributed by atoms with Gasteiger partial charge >= 0.3 is 6.03 Å². The summed E-state index contributed by atoms with van der Waals surface area (Å²) in [5, 5.41) is 24.1. The molecule has 1 aromatic rings. The van der Waals surface area contributed by atoms with E-state index in [1.807, 2.05) is 6.07 Å². The summed E-state index contributed by atoms with van der Waals surface area (Å²) in [6, 6.07) is 8.25. The predicted molar refractivity (Wildman–Crippen MR) is 71.6 cm³/mol. The summed E-state index contributed by atoms with van der Waals surface area (Å²) in [6.45, 7) is 0. The fourth-order valence-electron chi connectivity index (χ4n) is 2.30. The summed E-state index contributed by atoms with van der Waals surface area (Å²) in [5.41, 5.74) is 0.898. The summed E-state index contributed by atoms with van der Waals surface area (Å²) < 4.78 is 0. The minimum absolute atomic E-state index is 0.206. The molecule has 19 heavy (non-hydrogen) atoms. The predicted octanol–water partition coefficient (Wildman–Crippen LogP) is 1.98. The number of carbonyl (C=O) groups excluding carboxylic acids is 1. The van der Waals surface area contributed by atoms with E-state index in [0.717, 1.165) is 25.7 Å². The Hall–Kier alpha value is -2.06. The van der Waals surface area contributed by atoms with E-state index < -0.39 is 6.10 Å². The Morgan fingerprint density at radius 2 is 2.05 bits per heavy atom. The van der Waals surface area contributed by atoms with Crippen molar-refractivity contribution in [1.29, 1.82) is 5.26 Å². The molecule has 3 N–H and O–H groups in total. The maximum absolute atomic E-state index is 11.9. The zero-order valence-electron chi connectivity index (χ0n) is 10.6. The molecule has 2 rings (SSSR count). The third-order valence-electron chi connectivity index (χ3n) is 3.34. The molecule has 1 fully saturated rings. The first kappa shape index (κ1) is 13.4. The Labute approximate surface area is 112 Å². The van der Waals surface area contributed by atoms with Gasteiger partial charge in [0.05, 0.1) is 23.4 Å². The number of rotatable bonds is 2. The minimum Gasteiger partial charge on any atom is -0.391 e. The van der Waals surface area contributed by atoms with E-state index >= 15 is 0 Å². The standard InChI is InChI=1S/C14H17N3O2/c15-9-10-5-1-2-6-11(10)16-14(19)17-12-7-3-4-8-13(12)18/h1-2,5-6,12-13,18H,3-4,7-8H2,(H2,16,17,19). The number of nitriles is 1. The van der Waals surface area contributed by atoms with Gasteiger partial charge in [0, 0.05) is 0 Å². The molecule has 5 nitrogen and oxygen atoms in total. The number of para-hydroxylation sites is 1. The molecule has 100 valence electrons. The number of hydrogen-bond donors (Lipinski definition) is 3. The van der Waals surface area contributed by atoms with Crippen molar-refractivity contribution in [3.8, 4) is 6.07 Å².